The van der Waals surface area contributed by atoms with Crippen molar-refractivity contribution in [1.82, 2.24) is 0 Å². The van der Waals surface area contributed by atoms with Gasteiger partial charge in [-0.15, -0.1) is 0 Å². The van der Waals surface area contributed by atoms with Crippen molar-refractivity contribution >= 4 is 5.97 Å². The van der Waals surface area contributed by atoms with Crippen LogP contribution in [-0.4, -0.2) is 16.6 Å². The monoisotopic (exact) mass is 183 g/mol. The van der Waals surface area contributed by atoms with E-state index < -0.39 is 5.97 Å². The van der Waals surface area contributed by atoms with Gasteiger partial charge in [-0.2, -0.15) is 0 Å². The average molecular weight is 183 g/mol. The van der Waals surface area contributed by atoms with Crippen LogP contribution in [0, 0.1) is 11.8 Å². The van der Waals surface area contributed by atoms with E-state index in [1.54, 1.807) is 0 Å². The molecule has 0 heterocycles. The van der Waals surface area contributed by atoms with Crippen LogP contribution in [0.25, 0.3) is 0 Å². The molecule has 0 aliphatic heterocycles. The summed E-state index contributed by atoms with van der Waals surface area (Å²) in [5.41, 5.74) is 5.71. The van der Waals surface area contributed by atoms with E-state index in [-0.39, 0.29) is 12.0 Å². The Labute approximate surface area is 78.3 Å². The van der Waals surface area contributed by atoms with Crippen molar-refractivity contribution in [3.05, 3.63) is 0 Å². The lowest BCUT2D eigenvalue weighted by molar-refractivity contribution is -0.142. The molecule has 0 bridgehead atoms. The SMILES string of the molecule is NC1(CC(=O)O)C[C@H]2CCCC[C@H]21. The maximum absolute atomic E-state index is 10.6. The standard InChI is InChI=1S/C10H17NO2/c11-10(6-9(12)13)5-7-3-1-2-4-8(7)10/h7-8H,1-6,11H2,(H,12,13)/t7-,8-,10?/m1/s1. The number of fused-ring (bicyclic) bond motifs is 1. The van der Waals surface area contributed by atoms with Crippen molar-refractivity contribution in [2.45, 2.75) is 44.1 Å². The number of carbonyl (C=O) groups is 1. The first-order chi connectivity index (χ1) is 6.12. The van der Waals surface area contributed by atoms with E-state index in [4.69, 9.17) is 10.8 Å². The second-order valence-corrected chi connectivity index (χ2v) is 4.66. The largest absolute Gasteiger partial charge is 0.481 e. The van der Waals surface area contributed by atoms with Gasteiger partial charge in [0.1, 0.15) is 0 Å². The van der Waals surface area contributed by atoms with Gasteiger partial charge in [0.15, 0.2) is 0 Å². The van der Waals surface area contributed by atoms with Gasteiger partial charge in [0, 0.05) is 5.54 Å². The van der Waals surface area contributed by atoms with E-state index >= 15 is 0 Å². The van der Waals surface area contributed by atoms with Crippen molar-refractivity contribution in [3.8, 4) is 0 Å². The minimum Gasteiger partial charge on any atom is -0.481 e. The first kappa shape index (κ1) is 9.00. The van der Waals surface area contributed by atoms with Crippen LogP contribution in [0.5, 0.6) is 0 Å². The summed E-state index contributed by atoms with van der Waals surface area (Å²) in [6, 6.07) is 0. The summed E-state index contributed by atoms with van der Waals surface area (Å²) >= 11 is 0. The number of carboxylic acid groups (broad SMARTS) is 1. The van der Waals surface area contributed by atoms with Crippen LogP contribution < -0.4 is 5.73 Å². The molecule has 13 heavy (non-hydrogen) atoms. The molecule has 0 aromatic rings. The van der Waals surface area contributed by atoms with Gasteiger partial charge in [-0.05, 0) is 24.7 Å². The number of carboxylic acids is 1. The normalized spacial score (nSPS) is 43.5. The quantitative estimate of drug-likeness (QED) is 0.679. The maximum Gasteiger partial charge on any atom is 0.305 e. The van der Waals surface area contributed by atoms with E-state index in [1.165, 1.54) is 19.3 Å². The highest BCUT2D eigenvalue weighted by Gasteiger charge is 2.52. The van der Waals surface area contributed by atoms with Crippen LogP contribution in [0.4, 0.5) is 0 Å². The van der Waals surface area contributed by atoms with Gasteiger partial charge >= 0.3 is 5.97 Å². The number of nitrogens with two attached hydrogens (primary N) is 1. The lowest BCUT2D eigenvalue weighted by Crippen LogP contribution is -2.62. The summed E-state index contributed by atoms with van der Waals surface area (Å²) in [6.45, 7) is 0. The van der Waals surface area contributed by atoms with E-state index in [2.05, 4.69) is 0 Å². The molecule has 2 aliphatic rings. The molecule has 0 spiro atoms. The van der Waals surface area contributed by atoms with Gasteiger partial charge in [-0.3, -0.25) is 4.79 Å². The molecule has 0 saturated heterocycles. The molecule has 0 amide bonds. The average Bonchev–Trinajstić information content (AvgIpc) is 2.02. The zero-order chi connectivity index (χ0) is 9.47. The van der Waals surface area contributed by atoms with Gasteiger partial charge < -0.3 is 10.8 Å². The smallest absolute Gasteiger partial charge is 0.305 e. The van der Waals surface area contributed by atoms with Crippen LogP contribution in [-0.2, 0) is 4.79 Å². The summed E-state index contributed by atoms with van der Waals surface area (Å²) in [4.78, 5) is 10.6. The van der Waals surface area contributed by atoms with Crippen molar-refractivity contribution in [3.63, 3.8) is 0 Å². The number of aliphatic carboxylic acids is 1. The Kier molecular flexibility index (Phi) is 2.06. The number of rotatable bonds is 2. The van der Waals surface area contributed by atoms with Gasteiger partial charge in [-0.25, -0.2) is 0 Å². The molecule has 0 aromatic heterocycles. The lowest BCUT2D eigenvalue weighted by Gasteiger charge is -2.55. The molecule has 3 nitrogen and oxygen atoms in total. The molecule has 0 aromatic carbocycles. The highest BCUT2D eigenvalue weighted by molar-refractivity contribution is 5.68. The van der Waals surface area contributed by atoms with Gasteiger partial charge in [0.25, 0.3) is 0 Å². The maximum atomic E-state index is 10.6. The third-order valence-electron chi connectivity index (χ3n) is 3.77. The predicted molar refractivity (Wildman–Crippen MR) is 49.2 cm³/mol. The van der Waals surface area contributed by atoms with E-state index in [0.29, 0.717) is 5.92 Å². The molecule has 2 fully saturated rings. The molecule has 2 aliphatic carbocycles. The Bertz CT molecular complexity index is 229. The first-order valence-corrected chi connectivity index (χ1v) is 5.12. The molecule has 2 rings (SSSR count). The summed E-state index contributed by atoms with van der Waals surface area (Å²) in [7, 11) is 0. The topological polar surface area (TPSA) is 63.3 Å². The summed E-state index contributed by atoms with van der Waals surface area (Å²) in [6.07, 6.45) is 6.06. The second-order valence-electron chi connectivity index (χ2n) is 4.66. The fourth-order valence-electron chi connectivity index (χ4n) is 3.17. The van der Waals surface area contributed by atoms with Gasteiger partial charge in [-0.1, -0.05) is 19.3 Å². The molecule has 3 heteroatoms. The Morgan fingerprint density at radius 1 is 1.46 bits per heavy atom. The van der Waals surface area contributed by atoms with E-state index in [9.17, 15) is 4.79 Å². The minimum absolute atomic E-state index is 0.161. The lowest BCUT2D eigenvalue weighted by atomic mass is 9.53. The summed E-state index contributed by atoms with van der Waals surface area (Å²) < 4.78 is 0. The van der Waals surface area contributed by atoms with Crippen LogP contribution in [0.15, 0.2) is 0 Å². The highest BCUT2D eigenvalue weighted by atomic mass is 16.4. The zero-order valence-corrected chi connectivity index (χ0v) is 7.83. The van der Waals surface area contributed by atoms with Crippen LogP contribution in [0.1, 0.15) is 38.5 Å². The fraction of sp³-hybridized carbons (Fsp3) is 0.900. The molecular weight excluding hydrogens is 166 g/mol. The minimum atomic E-state index is -0.744. The molecule has 3 atom stereocenters. The molecular formula is C10H17NO2. The van der Waals surface area contributed by atoms with Crippen molar-refractivity contribution in [2.24, 2.45) is 17.6 Å². The molecule has 3 N–H and O–H groups in total. The highest BCUT2D eigenvalue weighted by Crippen LogP contribution is 2.51. The van der Waals surface area contributed by atoms with Crippen LogP contribution in [0.2, 0.25) is 0 Å². The van der Waals surface area contributed by atoms with E-state index in [0.717, 1.165) is 18.8 Å². The Morgan fingerprint density at radius 3 is 2.77 bits per heavy atom. The Balaban J connectivity index is 1.98. The zero-order valence-electron chi connectivity index (χ0n) is 7.83. The Hall–Kier alpha value is -0.570. The molecule has 1 unspecified atom stereocenters. The molecule has 74 valence electrons. The predicted octanol–water partition coefficient (Wildman–Crippen LogP) is 1.37. The number of hydrogen-bond acceptors (Lipinski definition) is 2. The van der Waals surface area contributed by atoms with Crippen molar-refractivity contribution < 1.29 is 9.90 Å². The van der Waals surface area contributed by atoms with Crippen molar-refractivity contribution in [1.29, 1.82) is 0 Å². The van der Waals surface area contributed by atoms with E-state index in [1.807, 2.05) is 0 Å². The van der Waals surface area contributed by atoms with Crippen LogP contribution >= 0.6 is 0 Å². The van der Waals surface area contributed by atoms with Gasteiger partial charge in [0.05, 0.1) is 6.42 Å². The molecule has 0 radical (unpaired) electrons. The molecule has 2 saturated carbocycles. The third-order valence-corrected chi connectivity index (χ3v) is 3.77. The van der Waals surface area contributed by atoms with Gasteiger partial charge in [0.2, 0.25) is 0 Å². The third kappa shape index (κ3) is 1.46. The Morgan fingerprint density at radius 2 is 2.15 bits per heavy atom. The summed E-state index contributed by atoms with van der Waals surface area (Å²) in [5.74, 6) is 0.488. The number of hydrogen-bond donors (Lipinski definition) is 2. The first-order valence-electron chi connectivity index (χ1n) is 5.12. The summed E-state index contributed by atoms with van der Waals surface area (Å²) in [5, 5.41) is 8.72. The fourth-order valence-corrected chi connectivity index (χ4v) is 3.17. The van der Waals surface area contributed by atoms with Crippen molar-refractivity contribution in [2.75, 3.05) is 0 Å². The second kappa shape index (κ2) is 2.98. The van der Waals surface area contributed by atoms with Crippen LogP contribution in [0.3, 0.4) is 0 Å².